The molecule has 0 aromatic carbocycles. The first-order valence-electron chi connectivity index (χ1n) is 30.2. The first-order chi connectivity index (χ1) is 39.0. The van der Waals surface area contributed by atoms with Gasteiger partial charge in [0.2, 0.25) is 0 Å². The lowest BCUT2D eigenvalue weighted by molar-refractivity contribution is -0.166. The zero-order valence-electron chi connectivity index (χ0n) is 49.5. The van der Waals surface area contributed by atoms with Gasteiger partial charge in [0, 0.05) is 19.3 Å². The first kappa shape index (κ1) is 72.7. The van der Waals surface area contributed by atoms with Crippen LogP contribution in [0.2, 0.25) is 0 Å². The maximum Gasteiger partial charge on any atom is 0.306 e. The van der Waals surface area contributed by atoms with Crippen molar-refractivity contribution in [1.29, 1.82) is 0 Å². The van der Waals surface area contributed by atoms with Crippen molar-refractivity contribution in [3.63, 3.8) is 0 Å². The van der Waals surface area contributed by atoms with E-state index in [9.17, 15) is 14.4 Å². The SMILES string of the molecule is CC/C=C\C/C=C\C/C=C\C/C=C\C/C=C\C/C=C\C/C=C\C/C=C\CCCCC(=O)OCC(COC(=O)CCCC/C=C\C/C=C\C/C=C\C/C=C\CC)OC(=O)CC/C=C\C/C=C\C/C=C\C/C=C\C/C=C\C/C=C\CC. The predicted octanol–water partition coefficient (Wildman–Crippen LogP) is 21.0. The van der Waals surface area contributed by atoms with Gasteiger partial charge in [-0.05, 0) is 161 Å². The van der Waals surface area contributed by atoms with Crippen molar-refractivity contribution in [2.24, 2.45) is 0 Å². The Morgan fingerprint density at radius 1 is 0.253 bits per heavy atom. The molecule has 0 fully saturated rings. The average molecular weight is 1080 g/mol. The van der Waals surface area contributed by atoms with Gasteiger partial charge in [-0.25, -0.2) is 0 Å². The maximum atomic E-state index is 12.9. The van der Waals surface area contributed by atoms with Crippen LogP contribution in [0.15, 0.2) is 219 Å². The molecule has 0 rings (SSSR count). The first-order valence-corrected chi connectivity index (χ1v) is 30.2. The number of hydrogen-bond acceptors (Lipinski definition) is 6. The minimum Gasteiger partial charge on any atom is -0.462 e. The molecule has 1 unspecified atom stereocenters. The van der Waals surface area contributed by atoms with Crippen molar-refractivity contribution in [1.82, 2.24) is 0 Å². The normalized spacial score (nSPS) is 13.7. The molecule has 0 saturated carbocycles. The Morgan fingerprint density at radius 3 is 0.709 bits per heavy atom. The van der Waals surface area contributed by atoms with E-state index >= 15 is 0 Å². The molecule has 6 heteroatoms. The van der Waals surface area contributed by atoms with E-state index < -0.39 is 12.1 Å². The number of carbonyl (C=O) groups excluding carboxylic acids is 3. The average Bonchev–Trinajstić information content (AvgIpc) is 3.45. The highest BCUT2D eigenvalue weighted by Crippen LogP contribution is 2.09. The van der Waals surface area contributed by atoms with E-state index in [1.807, 2.05) is 12.2 Å². The van der Waals surface area contributed by atoms with Gasteiger partial charge < -0.3 is 14.2 Å². The lowest BCUT2D eigenvalue weighted by Gasteiger charge is -2.18. The maximum absolute atomic E-state index is 12.9. The fourth-order valence-corrected chi connectivity index (χ4v) is 7.06. The summed E-state index contributed by atoms with van der Waals surface area (Å²) >= 11 is 0. The van der Waals surface area contributed by atoms with Crippen molar-refractivity contribution in [2.75, 3.05) is 13.2 Å². The van der Waals surface area contributed by atoms with Crippen LogP contribution in [0.3, 0.4) is 0 Å². The smallest absolute Gasteiger partial charge is 0.306 e. The van der Waals surface area contributed by atoms with E-state index in [1.165, 1.54) is 0 Å². The van der Waals surface area contributed by atoms with E-state index in [0.29, 0.717) is 19.3 Å². The molecule has 0 amide bonds. The van der Waals surface area contributed by atoms with Crippen molar-refractivity contribution >= 4 is 17.9 Å². The van der Waals surface area contributed by atoms with Gasteiger partial charge in [-0.1, -0.05) is 240 Å². The number of carbonyl (C=O) groups is 3. The Bertz CT molecular complexity index is 2010. The molecule has 434 valence electrons. The molecule has 0 N–H and O–H groups in total. The summed E-state index contributed by atoms with van der Waals surface area (Å²) < 4.78 is 16.7. The highest BCUT2D eigenvalue weighted by atomic mass is 16.6. The Kier molecular flexibility index (Phi) is 59.2. The Balaban J connectivity index is 4.64. The second-order valence-corrected chi connectivity index (χ2v) is 18.8. The van der Waals surface area contributed by atoms with Gasteiger partial charge in [0.05, 0.1) is 0 Å². The molecule has 0 spiro atoms. The third-order valence-electron chi connectivity index (χ3n) is 11.5. The van der Waals surface area contributed by atoms with Crippen LogP contribution in [0.1, 0.15) is 201 Å². The van der Waals surface area contributed by atoms with Crippen molar-refractivity contribution < 1.29 is 28.6 Å². The molecule has 1 atom stereocenters. The van der Waals surface area contributed by atoms with Crippen LogP contribution in [-0.2, 0) is 28.6 Å². The lowest BCUT2D eigenvalue weighted by Crippen LogP contribution is -2.30. The van der Waals surface area contributed by atoms with Crippen molar-refractivity contribution in [3.05, 3.63) is 219 Å². The number of esters is 3. The fraction of sp³-hybridized carbons (Fsp3) is 0.466. The van der Waals surface area contributed by atoms with E-state index in [4.69, 9.17) is 14.2 Å². The van der Waals surface area contributed by atoms with Gasteiger partial charge in [0.1, 0.15) is 13.2 Å². The summed E-state index contributed by atoms with van der Waals surface area (Å²) in [7, 11) is 0. The van der Waals surface area contributed by atoms with E-state index in [-0.39, 0.29) is 44.4 Å². The lowest BCUT2D eigenvalue weighted by atomic mass is 10.2. The van der Waals surface area contributed by atoms with Gasteiger partial charge in [-0.2, -0.15) is 0 Å². The summed E-state index contributed by atoms with van der Waals surface area (Å²) in [5, 5.41) is 0. The van der Waals surface area contributed by atoms with Crippen LogP contribution < -0.4 is 0 Å². The molecule has 0 aliphatic rings. The summed E-state index contributed by atoms with van der Waals surface area (Å²) in [6, 6.07) is 0. The highest BCUT2D eigenvalue weighted by molar-refractivity contribution is 5.71. The molecule has 0 bridgehead atoms. The summed E-state index contributed by atoms with van der Waals surface area (Å²) in [6.07, 6.45) is 101. The Labute approximate surface area is 482 Å². The quantitative estimate of drug-likeness (QED) is 0.0261. The number of allylic oxidation sites excluding steroid dienone is 36. The molecule has 0 aromatic heterocycles. The van der Waals surface area contributed by atoms with Gasteiger partial charge in [-0.3, -0.25) is 14.4 Å². The van der Waals surface area contributed by atoms with Crippen LogP contribution in [-0.4, -0.2) is 37.2 Å². The molecule has 0 radical (unpaired) electrons. The summed E-state index contributed by atoms with van der Waals surface area (Å²) in [4.78, 5) is 38.2. The standard InChI is InChI=1S/C73H106O6/c1-4-7-10-13-16-19-22-25-28-30-32-33-34-35-36-37-38-39-41-42-45-48-51-54-57-60-63-66-72(75)78-69-70(68-77-71(74)65-62-59-56-53-50-47-44-27-24-21-18-15-12-9-6-3)79-73(76)67-64-61-58-55-52-49-46-43-40-31-29-26-23-20-17-14-11-8-5-2/h7-12,16-21,25-29,32-33,35-36,38-40,42-45,49-54,58,61,70H,4-6,13-15,22-24,30-31,34,37,41,46-48,55-57,59-60,62-69H2,1-3H3/b10-7-,11-8-,12-9-,19-16-,20-17-,21-18-,28-25-,29-26-,33-32-,36-35-,39-38-,43-40-,44-27-,45-42-,52-49-,53-50-,54-51-,61-58-. The van der Waals surface area contributed by atoms with Gasteiger partial charge in [0.15, 0.2) is 6.10 Å². The topological polar surface area (TPSA) is 78.9 Å². The third-order valence-corrected chi connectivity index (χ3v) is 11.5. The molecule has 0 aliphatic carbocycles. The Hall–Kier alpha value is -6.27. The zero-order valence-corrected chi connectivity index (χ0v) is 49.5. The number of unbranched alkanes of at least 4 members (excludes halogenated alkanes) is 4. The largest absolute Gasteiger partial charge is 0.462 e. The number of ether oxygens (including phenoxy) is 3. The zero-order chi connectivity index (χ0) is 57.1. The van der Waals surface area contributed by atoms with Gasteiger partial charge >= 0.3 is 17.9 Å². The summed E-state index contributed by atoms with van der Waals surface area (Å²) in [5.74, 6) is -1.14. The van der Waals surface area contributed by atoms with Gasteiger partial charge in [0.25, 0.3) is 0 Å². The van der Waals surface area contributed by atoms with Crippen LogP contribution in [0.5, 0.6) is 0 Å². The van der Waals surface area contributed by atoms with Crippen LogP contribution in [0.25, 0.3) is 0 Å². The molecule has 0 aromatic rings. The fourth-order valence-electron chi connectivity index (χ4n) is 7.06. The second kappa shape index (κ2) is 64.3. The molecular weight excluding hydrogens is 973 g/mol. The van der Waals surface area contributed by atoms with E-state index in [2.05, 4.69) is 227 Å². The van der Waals surface area contributed by atoms with Gasteiger partial charge in [-0.15, -0.1) is 0 Å². The van der Waals surface area contributed by atoms with Crippen LogP contribution >= 0.6 is 0 Å². The van der Waals surface area contributed by atoms with Crippen molar-refractivity contribution in [3.8, 4) is 0 Å². The second-order valence-electron chi connectivity index (χ2n) is 18.8. The minimum atomic E-state index is -0.870. The predicted molar refractivity (Wildman–Crippen MR) is 343 cm³/mol. The van der Waals surface area contributed by atoms with Crippen LogP contribution in [0.4, 0.5) is 0 Å². The van der Waals surface area contributed by atoms with E-state index in [0.717, 1.165) is 141 Å². The van der Waals surface area contributed by atoms with Crippen LogP contribution in [0, 0.1) is 0 Å². The van der Waals surface area contributed by atoms with E-state index in [1.54, 1.807) is 0 Å². The third kappa shape index (κ3) is 62.5. The minimum absolute atomic E-state index is 0.157. The molecule has 6 nitrogen and oxygen atoms in total. The number of hydrogen-bond donors (Lipinski definition) is 0. The molecule has 79 heavy (non-hydrogen) atoms. The molecular formula is C73H106O6. The highest BCUT2D eigenvalue weighted by Gasteiger charge is 2.19. The summed E-state index contributed by atoms with van der Waals surface area (Å²) in [6.45, 7) is 6.13. The molecule has 0 aliphatic heterocycles. The molecule has 0 saturated heterocycles. The number of rotatable bonds is 51. The summed E-state index contributed by atoms with van der Waals surface area (Å²) in [5.41, 5.74) is 0. The van der Waals surface area contributed by atoms with Crippen molar-refractivity contribution in [2.45, 2.75) is 207 Å². The molecule has 0 heterocycles. The monoisotopic (exact) mass is 1080 g/mol. The Morgan fingerprint density at radius 2 is 0.468 bits per heavy atom.